The van der Waals surface area contributed by atoms with Crippen molar-refractivity contribution in [1.82, 2.24) is 9.78 Å². The first-order chi connectivity index (χ1) is 15.8. The maximum absolute atomic E-state index is 14.3. The maximum atomic E-state index is 14.3. The molecule has 0 saturated carbocycles. The number of nitrogens with one attached hydrogen (secondary N) is 1. The number of carbonyl (C=O) groups excluding carboxylic acids is 1. The maximum Gasteiger partial charge on any atom is 0.291 e. The standard InChI is InChI=1S/C26H23ClFN3O2/c1-14-9-15(2)11-18(10-14)29-26(32)25-16(3)23-22(33-25)8-7-17-12-31(30-24(17)23)13-19-20(27)5-4-6-21(19)28/h4-6,9-12H,7-8,13H2,1-3H3,(H,29,32). The van der Waals surface area contributed by atoms with Crippen LogP contribution in [0.5, 0.6) is 0 Å². The minimum atomic E-state index is -0.360. The molecule has 33 heavy (non-hydrogen) atoms. The van der Waals surface area contributed by atoms with Crippen molar-refractivity contribution in [3.05, 3.63) is 92.8 Å². The van der Waals surface area contributed by atoms with Crippen LogP contribution in [0.4, 0.5) is 10.1 Å². The molecule has 0 spiro atoms. The molecule has 7 heteroatoms. The summed E-state index contributed by atoms with van der Waals surface area (Å²) in [5, 5.41) is 8.03. The van der Waals surface area contributed by atoms with Gasteiger partial charge in [-0.3, -0.25) is 9.48 Å². The van der Waals surface area contributed by atoms with E-state index in [1.165, 1.54) is 6.07 Å². The SMILES string of the molecule is Cc1cc(C)cc(NC(=O)c2oc3c(c2C)-c2nn(Cc4c(F)cccc4Cl)cc2CC3)c1. The minimum Gasteiger partial charge on any atom is -0.455 e. The highest BCUT2D eigenvalue weighted by Crippen LogP contribution is 2.38. The number of anilines is 1. The smallest absolute Gasteiger partial charge is 0.291 e. The molecule has 1 N–H and O–H groups in total. The number of nitrogens with zero attached hydrogens (tertiary/aromatic N) is 2. The number of benzene rings is 2. The van der Waals surface area contributed by atoms with Crippen molar-refractivity contribution in [3.8, 4) is 11.3 Å². The van der Waals surface area contributed by atoms with Gasteiger partial charge in [0.15, 0.2) is 5.76 Å². The zero-order valence-electron chi connectivity index (χ0n) is 18.6. The van der Waals surface area contributed by atoms with Crippen LogP contribution in [0.1, 0.15) is 44.1 Å². The van der Waals surface area contributed by atoms with E-state index in [9.17, 15) is 9.18 Å². The van der Waals surface area contributed by atoms with Gasteiger partial charge in [0, 0.05) is 40.0 Å². The van der Waals surface area contributed by atoms with Crippen molar-refractivity contribution >= 4 is 23.2 Å². The first-order valence-electron chi connectivity index (χ1n) is 10.8. The molecule has 4 aromatic rings. The molecule has 0 fully saturated rings. The van der Waals surface area contributed by atoms with Gasteiger partial charge in [0.2, 0.25) is 0 Å². The van der Waals surface area contributed by atoms with E-state index in [1.807, 2.05) is 39.1 Å². The van der Waals surface area contributed by atoms with E-state index >= 15 is 0 Å². The number of fused-ring (bicyclic) bond motifs is 3. The van der Waals surface area contributed by atoms with E-state index in [4.69, 9.17) is 21.1 Å². The topological polar surface area (TPSA) is 60.1 Å². The van der Waals surface area contributed by atoms with E-state index in [0.717, 1.165) is 51.4 Å². The Kier molecular flexibility index (Phi) is 5.33. The summed E-state index contributed by atoms with van der Waals surface area (Å²) in [4.78, 5) is 13.0. The van der Waals surface area contributed by atoms with Gasteiger partial charge < -0.3 is 9.73 Å². The van der Waals surface area contributed by atoms with E-state index in [2.05, 4.69) is 11.4 Å². The summed E-state index contributed by atoms with van der Waals surface area (Å²) in [6, 6.07) is 10.6. The molecule has 0 unspecified atom stereocenters. The van der Waals surface area contributed by atoms with Crippen molar-refractivity contribution in [2.75, 3.05) is 5.32 Å². The van der Waals surface area contributed by atoms with Gasteiger partial charge in [-0.25, -0.2) is 4.39 Å². The summed E-state index contributed by atoms with van der Waals surface area (Å²) in [6.45, 7) is 6.09. The summed E-state index contributed by atoms with van der Waals surface area (Å²) < 4.78 is 22.0. The molecule has 0 bridgehead atoms. The molecule has 0 aliphatic heterocycles. The quantitative estimate of drug-likeness (QED) is 0.388. The monoisotopic (exact) mass is 463 g/mol. The van der Waals surface area contributed by atoms with Crippen LogP contribution in [0, 0.1) is 26.6 Å². The van der Waals surface area contributed by atoms with Crippen molar-refractivity contribution in [3.63, 3.8) is 0 Å². The zero-order valence-corrected chi connectivity index (χ0v) is 19.4. The highest BCUT2D eigenvalue weighted by Gasteiger charge is 2.30. The van der Waals surface area contributed by atoms with Crippen LogP contribution in [0.3, 0.4) is 0 Å². The summed E-state index contributed by atoms with van der Waals surface area (Å²) >= 11 is 6.20. The van der Waals surface area contributed by atoms with Crippen LogP contribution in [-0.4, -0.2) is 15.7 Å². The summed E-state index contributed by atoms with van der Waals surface area (Å²) in [7, 11) is 0. The van der Waals surface area contributed by atoms with E-state index in [1.54, 1.807) is 16.8 Å². The largest absolute Gasteiger partial charge is 0.455 e. The Labute approximate surface area is 196 Å². The number of rotatable bonds is 4. The molecular weight excluding hydrogens is 441 g/mol. The molecule has 5 nitrogen and oxygen atoms in total. The van der Waals surface area contributed by atoms with Crippen LogP contribution in [-0.2, 0) is 19.4 Å². The molecule has 1 aliphatic rings. The summed E-state index contributed by atoms with van der Waals surface area (Å²) in [6.07, 6.45) is 3.33. The van der Waals surface area contributed by atoms with Gasteiger partial charge in [-0.15, -0.1) is 0 Å². The molecule has 2 heterocycles. The number of hydrogen-bond donors (Lipinski definition) is 1. The second kappa shape index (κ2) is 8.19. The number of halogens is 2. The van der Waals surface area contributed by atoms with Crippen LogP contribution in [0.2, 0.25) is 5.02 Å². The third-order valence-electron chi connectivity index (χ3n) is 5.98. The average Bonchev–Trinajstić information content (AvgIpc) is 3.30. The number of aryl methyl sites for hydroxylation is 4. The molecule has 0 radical (unpaired) electrons. The Bertz CT molecular complexity index is 1360. The molecule has 5 rings (SSSR count). The van der Waals surface area contributed by atoms with Crippen molar-refractivity contribution in [2.24, 2.45) is 0 Å². The molecular formula is C26H23ClFN3O2. The third-order valence-corrected chi connectivity index (χ3v) is 6.34. The molecule has 1 aliphatic carbocycles. The Morgan fingerprint density at radius 3 is 2.67 bits per heavy atom. The normalized spacial score (nSPS) is 12.4. The van der Waals surface area contributed by atoms with Crippen LogP contribution < -0.4 is 5.32 Å². The van der Waals surface area contributed by atoms with Gasteiger partial charge >= 0.3 is 0 Å². The molecule has 168 valence electrons. The predicted molar refractivity (Wildman–Crippen MR) is 126 cm³/mol. The van der Waals surface area contributed by atoms with Gasteiger partial charge in [-0.2, -0.15) is 5.10 Å². The first-order valence-corrected chi connectivity index (χ1v) is 11.2. The summed E-state index contributed by atoms with van der Waals surface area (Å²) in [5.41, 5.74) is 6.70. The minimum absolute atomic E-state index is 0.227. The predicted octanol–water partition coefficient (Wildman–Crippen LogP) is 6.26. The van der Waals surface area contributed by atoms with Gasteiger partial charge in [0.1, 0.15) is 11.6 Å². The van der Waals surface area contributed by atoms with Gasteiger partial charge in [-0.05, 0) is 68.1 Å². The Hall–Kier alpha value is -3.38. The number of aromatic nitrogens is 2. The number of furan rings is 1. The Morgan fingerprint density at radius 2 is 1.94 bits per heavy atom. The number of hydrogen-bond acceptors (Lipinski definition) is 3. The average molecular weight is 464 g/mol. The van der Waals surface area contributed by atoms with Gasteiger partial charge in [0.05, 0.1) is 12.2 Å². The van der Waals surface area contributed by atoms with E-state index in [-0.39, 0.29) is 18.3 Å². The van der Waals surface area contributed by atoms with Crippen molar-refractivity contribution < 1.29 is 13.6 Å². The molecule has 0 saturated heterocycles. The fourth-order valence-electron chi connectivity index (χ4n) is 4.54. The fraction of sp³-hybridized carbons (Fsp3) is 0.231. The van der Waals surface area contributed by atoms with E-state index < -0.39 is 0 Å². The molecule has 1 amide bonds. The zero-order chi connectivity index (χ0) is 23.3. The van der Waals surface area contributed by atoms with Gasteiger partial charge in [0.25, 0.3) is 5.91 Å². The molecule has 0 atom stereocenters. The summed E-state index contributed by atoms with van der Waals surface area (Å²) in [5.74, 6) is 0.394. The van der Waals surface area contributed by atoms with Crippen LogP contribution in [0.25, 0.3) is 11.3 Å². The molecule has 2 aromatic heterocycles. The highest BCUT2D eigenvalue weighted by molar-refractivity contribution is 6.31. The van der Waals surface area contributed by atoms with Crippen LogP contribution in [0.15, 0.2) is 47.0 Å². The second-order valence-corrected chi connectivity index (χ2v) is 8.99. The number of amides is 1. The third kappa shape index (κ3) is 3.95. The lowest BCUT2D eigenvalue weighted by Crippen LogP contribution is -2.12. The van der Waals surface area contributed by atoms with E-state index in [0.29, 0.717) is 22.8 Å². The Morgan fingerprint density at radius 1 is 1.18 bits per heavy atom. The highest BCUT2D eigenvalue weighted by atomic mass is 35.5. The molecule has 2 aromatic carbocycles. The van der Waals surface area contributed by atoms with Crippen molar-refractivity contribution in [1.29, 1.82) is 0 Å². The van der Waals surface area contributed by atoms with Crippen LogP contribution >= 0.6 is 11.6 Å². The van der Waals surface area contributed by atoms with Gasteiger partial charge in [-0.1, -0.05) is 23.7 Å². The second-order valence-electron chi connectivity index (χ2n) is 8.59. The Balaban J connectivity index is 1.46. The van der Waals surface area contributed by atoms with Crippen molar-refractivity contribution in [2.45, 2.75) is 40.2 Å². The lowest BCUT2D eigenvalue weighted by molar-refractivity contribution is 0.0994. The lowest BCUT2D eigenvalue weighted by atomic mass is 9.93. The lowest BCUT2D eigenvalue weighted by Gasteiger charge is -2.09. The fourth-order valence-corrected chi connectivity index (χ4v) is 4.76. The number of carbonyl (C=O) groups is 1. The first kappa shape index (κ1) is 21.5.